The van der Waals surface area contributed by atoms with Gasteiger partial charge in [-0.05, 0) is 48.9 Å². The first kappa shape index (κ1) is 21.4. The first-order valence-corrected chi connectivity index (χ1v) is 10.0. The lowest BCUT2D eigenvalue weighted by molar-refractivity contribution is 0.0677. The lowest BCUT2D eigenvalue weighted by Crippen LogP contribution is -2.33. The molecule has 166 valence electrons. The van der Waals surface area contributed by atoms with Crippen molar-refractivity contribution in [3.63, 3.8) is 0 Å². The van der Waals surface area contributed by atoms with Crippen molar-refractivity contribution in [2.45, 2.75) is 13.5 Å². The van der Waals surface area contributed by atoms with E-state index >= 15 is 0 Å². The number of fused-ring (bicyclic) bond motifs is 1. The van der Waals surface area contributed by atoms with E-state index in [1.165, 1.54) is 10.9 Å². The van der Waals surface area contributed by atoms with E-state index in [2.05, 4.69) is 5.10 Å². The van der Waals surface area contributed by atoms with Crippen LogP contribution in [0.15, 0.2) is 48.7 Å². The monoisotopic (exact) mass is 437 g/mol. The van der Waals surface area contributed by atoms with Gasteiger partial charge >= 0.3 is 5.97 Å². The zero-order chi connectivity index (χ0) is 22.7. The summed E-state index contributed by atoms with van der Waals surface area (Å²) in [6, 6.07) is 12.5. The molecule has 1 amide bonds. The molecule has 3 aromatic rings. The number of rotatable bonds is 8. The van der Waals surface area contributed by atoms with Gasteiger partial charge < -0.3 is 24.2 Å². The highest BCUT2D eigenvalue weighted by Gasteiger charge is 2.20. The van der Waals surface area contributed by atoms with Crippen LogP contribution >= 0.6 is 0 Å². The van der Waals surface area contributed by atoms with Crippen LogP contribution in [0.4, 0.5) is 0 Å². The normalized spacial score (nSPS) is 12.1. The molecule has 9 heteroatoms. The molecule has 0 aliphatic carbocycles. The smallest absolute Gasteiger partial charge is 0.339 e. The molecule has 0 unspecified atom stereocenters. The highest BCUT2D eigenvalue weighted by molar-refractivity contribution is 5.94. The van der Waals surface area contributed by atoms with Crippen molar-refractivity contribution in [2.75, 3.05) is 27.1 Å². The molecule has 1 aromatic heterocycles. The maximum Gasteiger partial charge on any atom is 0.339 e. The van der Waals surface area contributed by atoms with Crippen LogP contribution in [0.25, 0.3) is 5.69 Å². The Morgan fingerprint density at radius 2 is 1.91 bits per heavy atom. The van der Waals surface area contributed by atoms with Gasteiger partial charge in [0.15, 0.2) is 11.5 Å². The van der Waals surface area contributed by atoms with Crippen molar-refractivity contribution in [1.82, 2.24) is 14.7 Å². The van der Waals surface area contributed by atoms with Gasteiger partial charge in [-0.15, -0.1) is 0 Å². The molecule has 0 fully saturated rings. The largest absolute Gasteiger partial charge is 0.478 e. The molecule has 9 nitrogen and oxygen atoms in total. The Balaban J connectivity index is 1.53. The first-order chi connectivity index (χ1) is 15.5. The molecule has 0 atom stereocenters. The van der Waals surface area contributed by atoms with E-state index in [9.17, 15) is 14.7 Å². The second-order valence-corrected chi connectivity index (χ2v) is 7.31. The average molecular weight is 437 g/mol. The number of aromatic carboxylic acids is 1. The van der Waals surface area contributed by atoms with Crippen LogP contribution in [0.5, 0.6) is 11.5 Å². The Hall–Kier alpha value is -3.85. The predicted octanol–water partition coefficient (Wildman–Crippen LogP) is 2.90. The van der Waals surface area contributed by atoms with E-state index in [0.29, 0.717) is 48.1 Å². The standard InChI is InChI=1S/C23H23N3O6/c1-15-19(23(28)29)12-24-26(15)18-6-4-17(5-7-18)22(27)25(9-10-30-2)13-16-3-8-20-21(11-16)32-14-31-20/h3-8,11-12H,9-10,13-14H2,1-2H3,(H,28,29). The minimum absolute atomic E-state index is 0.139. The summed E-state index contributed by atoms with van der Waals surface area (Å²) in [5.41, 5.74) is 2.75. The maximum atomic E-state index is 13.2. The number of amides is 1. The number of carboxylic acid groups (broad SMARTS) is 1. The van der Waals surface area contributed by atoms with Crippen LogP contribution < -0.4 is 9.47 Å². The number of methoxy groups -OCH3 is 1. The average Bonchev–Trinajstić information content (AvgIpc) is 3.42. The Labute approximate surface area is 184 Å². The predicted molar refractivity (Wildman–Crippen MR) is 114 cm³/mol. The number of aromatic nitrogens is 2. The van der Waals surface area contributed by atoms with Crippen LogP contribution in [-0.4, -0.2) is 58.7 Å². The number of hydrogen-bond acceptors (Lipinski definition) is 6. The summed E-state index contributed by atoms with van der Waals surface area (Å²) in [7, 11) is 1.59. The van der Waals surface area contributed by atoms with Gasteiger partial charge in [0.2, 0.25) is 6.79 Å². The van der Waals surface area contributed by atoms with E-state index in [1.807, 2.05) is 18.2 Å². The van der Waals surface area contributed by atoms with Gasteiger partial charge in [-0.1, -0.05) is 6.07 Å². The third-order valence-corrected chi connectivity index (χ3v) is 5.26. The number of nitrogens with zero attached hydrogens (tertiary/aromatic N) is 3. The van der Waals surface area contributed by atoms with E-state index < -0.39 is 5.97 Å². The quantitative estimate of drug-likeness (QED) is 0.578. The van der Waals surface area contributed by atoms with Crippen LogP contribution in [0.2, 0.25) is 0 Å². The lowest BCUT2D eigenvalue weighted by Gasteiger charge is -2.23. The van der Waals surface area contributed by atoms with Crippen LogP contribution in [0.1, 0.15) is 32.0 Å². The molecular weight excluding hydrogens is 414 g/mol. The SMILES string of the molecule is COCCN(Cc1ccc2c(c1)OCO2)C(=O)c1ccc(-n2ncc(C(=O)O)c2C)cc1. The molecule has 0 bridgehead atoms. The summed E-state index contributed by atoms with van der Waals surface area (Å²) in [6.07, 6.45) is 1.31. The summed E-state index contributed by atoms with van der Waals surface area (Å²) < 4.78 is 17.5. The highest BCUT2D eigenvalue weighted by Crippen LogP contribution is 2.33. The summed E-state index contributed by atoms with van der Waals surface area (Å²) in [5, 5.41) is 13.4. The van der Waals surface area contributed by atoms with Crippen molar-refractivity contribution in [1.29, 1.82) is 0 Å². The number of ether oxygens (including phenoxy) is 3. The number of carbonyl (C=O) groups excluding carboxylic acids is 1. The van der Waals surface area contributed by atoms with Gasteiger partial charge in [0, 0.05) is 25.8 Å². The zero-order valence-electron chi connectivity index (χ0n) is 17.8. The van der Waals surface area contributed by atoms with Crippen molar-refractivity contribution >= 4 is 11.9 Å². The van der Waals surface area contributed by atoms with E-state index in [-0.39, 0.29) is 18.3 Å². The van der Waals surface area contributed by atoms with Crippen LogP contribution in [0, 0.1) is 6.92 Å². The summed E-state index contributed by atoms with van der Waals surface area (Å²) >= 11 is 0. The Morgan fingerprint density at radius 1 is 1.16 bits per heavy atom. The van der Waals surface area contributed by atoms with Gasteiger partial charge in [-0.25, -0.2) is 9.48 Å². The zero-order valence-corrected chi connectivity index (χ0v) is 17.8. The molecule has 2 aromatic carbocycles. The molecule has 4 rings (SSSR count). The van der Waals surface area contributed by atoms with E-state index in [0.717, 1.165) is 5.56 Å². The number of carbonyl (C=O) groups is 2. The van der Waals surface area contributed by atoms with Crippen molar-refractivity contribution in [2.24, 2.45) is 0 Å². The molecular formula is C23H23N3O6. The molecule has 1 N–H and O–H groups in total. The van der Waals surface area contributed by atoms with E-state index in [1.54, 1.807) is 43.2 Å². The molecule has 0 saturated heterocycles. The number of carboxylic acids is 1. The molecule has 0 spiro atoms. The summed E-state index contributed by atoms with van der Waals surface area (Å²) in [4.78, 5) is 26.2. The second-order valence-electron chi connectivity index (χ2n) is 7.31. The van der Waals surface area contributed by atoms with Gasteiger partial charge in [0.1, 0.15) is 5.56 Å². The highest BCUT2D eigenvalue weighted by atomic mass is 16.7. The number of benzene rings is 2. The van der Waals surface area contributed by atoms with Crippen molar-refractivity contribution < 1.29 is 28.9 Å². The molecule has 2 heterocycles. The Kier molecular flexibility index (Phi) is 6.09. The van der Waals surface area contributed by atoms with E-state index in [4.69, 9.17) is 14.2 Å². The number of hydrogen-bond donors (Lipinski definition) is 1. The van der Waals surface area contributed by atoms with Gasteiger partial charge in [0.05, 0.1) is 24.2 Å². The second kappa shape index (κ2) is 9.11. The Bertz CT molecular complexity index is 1140. The summed E-state index contributed by atoms with van der Waals surface area (Å²) in [5.74, 6) is 0.188. The Morgan fingerprint density at radius 3 is 2.59 bits per heavy atom. The minimum atomic E-state index is -1.03. The van der Waals surface area contributed by atoms with Gasteiger partial charge in [-0.2, -0.15) is 5.10 Å². The molecule has 1 aliphatic rings. The van der Waals surface area contributed by atoms with Crippen LogP contribution in [0.3, 0.4) is 0 Å². The molecule has 1 aliphatic heterocycles. The third kappa shape index (κ3) is 4.28. The fraction of sp³-hybridized carbons (Fsp3) is 0.261. The third-order valence-electron chi connectivity index (χ3n) is 5.26. The van der Waals surface area contributed by atoms with Gasteiger partial charge in [0.25, 0.3) is 5.91 Å². The minimum Gasteiger partial charge on any atom is -0.478 e. The summed E-state index contributed by atoms with van der Waals surface area (Å²) in [6.45, 7) is 3.10. The fourth-order valence-electron chi connectivity index (χ4n) is 3.52. The van der Waals surface area contributed by atoms with Crippen molar-refractivity contribution in [3.05, 3.63) is 71.0 Å². The molecule has 0 saturated carbocycles. The first-order valence-electron chi connectivity index (χ1n) is 10.0. The maximum absolute atomic E-state index is 13.2. The topological polar surface area (TPSA) is 103 Å². The van der Waals surface area contributed by atoms with Crippen molar-refractivity contribution in [3.8, 4) is 17.2 Å². The lowest BCUT2D eigenvalue weighted by atomic mass is 10.1. The fourth-order valence-corrected chi connectivity index (χ4v) is 3.52. The molecule has 32 heavy (non-hydrogen) atoms. The van der Waals surface area contributed by atoms with Crippen LogP contribution in [-0.2, 0) is 11.3 Å². The molecule has 0 radical (unpaired) electrons. The van der Waals surface area contributed by atoms with Gasteiger partial charge in [-0.3, -0.25) is 4.79 Å².